The lowest BCUT2D eigenvalue weighted by molar-refractivity contribution is -0.384. The summed E-state index contributed by atoms with van der Waals surface area (Å²) in [6.07, 6.45) is 0.559. The highest BCUT2D eigenvalue weighted by Crippen LogP contribution is 2.67. The van der Waals surface area contributed by atoms with Crippen LogP contribution in [-0.4, -0.2) is 50.0 Å². The van der Waals surface area contributed by atoms with E-state index in [4.69, 9.17) is 27.9 Å². The number of benzene rings is 3. The summed E-state index contributed by atoms with van der Waals surface area (Å²) < 4.78 is 78.9. The van der Waals surface area contributed by atoms with Crippen LogP contribution in [-0.2, 0) is 19.2 Å². The highest BCUT2D eigenvalue weighted by Gasteiger charge is 2.77. The average molecular weight is 766 g/mol. The average Bonchev–Trinajstić information content (AvgIpc) is 3.46. The molecule has 3 aromatic carbocycles. The fourth-order valence-corrected chi connectivity index (χ4v) is 8.86. The Morgan fingerprint density at radius 3 is 2.10 bits per heavy atom. The molecule has 0 radical (unpaired) electrons. The minimum absolute atomic E-state index is 0.0112. The van der Waals surface area contributed by atoms with Crippen LogP contribution in [0.25, 0.3) is 0 Å². The van der Waals surface area contributed by atoms with Crippen LogP contribution in [0.4, 0.5) is 39.0 Å². The highest BCUT2D eigenvalue weighted by atomic mass is 35.5. The normalized spacial score (nSPS) is 28.1. The number of imide groups is 2. The van der Waals surface area contributed by atoms with Gasteiger partial charge < -0.3 is 9.84 Å². The van der Waals surface area contributed by atoms with E-state index in [0.29, 0.717) is 0 Å². The van der Waals surface area contributed by atoms with Crippen molar-refractivity contribution in [2.45, 2.75) is 35.4 Å². The molecule has 7 rings (SSSR count). The smallest absolute Gasteiger partial charge is 0.269 e. The van der Waals surface area contributed by atoms with E-state index in [0.717, 1.165) is 17.0 Å². The molecular weight excluding hydrogens is 744 g/mol. The molecule has 11 nitrogen and oxygen atoms in total. The molecule has 52 heavy (non-hydrogen) atoms. The van der Waals surface area contributed by atoms with E-state index in [1.807, 2.05) is 0 Å². The molecule has 4 amide bonds. The number of para-hydroxylation sites is 1. The molecule has 0 unspecified atom stereocenters. The number of allylic oxidation sites excluding steroid dienone is 2. The molecule has 2 aliphatic heterocycles. The number of hydrogen-bond acceptors (Lipinski definition) is 8. The Bertz CT molecular complexity index is 2160. The third-order valence-corrected chi connectivity index (χ3v) is 11.6. The van der Waals surface area contributed by atoms with Crippen molar-refractivity contribution in [2.24, 2.45) is 17.8 Å². The summed E-state index contributed by atoms with van der Waals surface area (Å²) in [5, 5.41) is 22.6. The molecule has 2 heterocycles. The number of phenolic OH excluding ortho intramolecular Hbond substituents is 1. The maximum atomic E-state index is 15.2. The van der Waals surface area contributed by atoms with Gasteiger partial charge in [0.15, 0.2) is 44.5 Å². The summed E-state index contributed by atoms with van der Waals surface area (Å²) in [6, 6.07) is 8.56. The molecule has 0 spiro atoms. The van der Waals surface area contributed by atoms with E-state index >= 15 is 8.78 Å². The number of hydrogen-bond donors (Lipinski definition) is 1. The summed E-state index contributed by atoms with van der Waals surface area (Å²) in [4.78, 5) is 62.1. The number of non-ortho nitro benzene ring substituents is 1. The van der Waals surface area contributed by atoms with Crippen molar-refractivity contribution in [1.29, 1.82) is 0 Å². The largest absolute Gasteiger partial charge is 0.504 e. The number of amides is 4. The fraction of sp³-hybridized carbons (Fsp3) is 0.294. The Balaban J connectivity index is 1.43. The van der Waals surface area contributed by atoms with Gasteiger partial charge in [0, 0.05) is 23.6 Å². The molecule has 18 heteroatoms. The number of ether oxygens (including phenoxy) is 1. The lowest BCUT2D eigenvalue weighted by Gasteiger charge is -2.50. The monoisotopic (exact) mass is 765 g/mol. The number of anilines is 2. The van der Waals surface area contributed by atoms with Gasteiger partial charge in [-0.1, -0.05) is 23.8 Å². The Kier molecular flexibility index (Phi) is 8.14. The zero-order chi connectivity index (χ0) is 37.8. The maximum Gasteiger partial charge on any atom is 0.269 e. The predicted molar refractivity (Wildman–Crippen MR) is 171 cm³/mol. The zero-order valence-electron chi connectivity index (χ0n) is 26.3. The van der Waals surface area contributed by atoms with Gasteiger partial charge in [0.05, 0.1) is 29.1 Å². The Morgan fingerprint density at radius 2 is 1.50 bits per heavy atom. The van der Waals surface area contributed by atoms with Crippen molar-refractivity contribution >= 4 is 63.9 Å². The number of fused-ring (bicyclic) bond motifs is 4. The van der Waals surface area contributed by atoms with Gasteiger partial charge >= 0.3 is 0 Å². The van der Waals surface area contributed by atoms with Crippen LogP contribution in [0.1, 0.15) is 31.2 Å². The highest BCUT2D eigenvalue weighted by molar-refractivity contribution is 6.58. The van der Waals surface area contributed by atoms with Crippen molar-refractivity contribution in [3.05, 3.63) is 98.9 Å². The van der Waals surface area contributed by atoms with Gasteiger partial charge in [0.1, 0.15) is 5.69 Å². The van der Waals surface area contributed by atoms with E-state index in [2.05, 4.69) is 0 Å². The number of nitro benzene ring substituents is 1. The number of nitrogens with zero attached hydrogens (tertiary/aromatic N) is 3. The maximum absolute atomic E-state index is 15.2. The van der Waals surface area contributed by atoms with Crippen molar-refractivity contribution in [3.63, 3.8) is 0 Å². The molecule has 0 aromatic heterocycles. The van der Waals surface area contributed by atoms with E-state index in [1.54, 1.807) is 6.92 Å². The second-order valence-corrected chi connectivity index (χ2v) is 13.8. The van der Waals surface area contributed by atoms with Crippen molar-refractivity contribution < 1.29 is 55.9 Å². The summed E-state index contributed by atoms with van der Waals surface area (Å²) in [5.74, 6) is -23.5. The lowest BCUT2D eigenvalue weighted by atomic mass is 9.56. The third kappa shape index (κ3) is 4.49. The Morgan fingerprint density at radius 1 is 0.885 bits per heavy atom. The molecule has 1 N–H and O–H groups in total. The Labute approximate surface area is 299 Å². The van der Waals surface area contributed by atoms with Crippen molar-refractivity contribution in [3.8, 4) is 11.5 Å². The third-order valence-electron chi connectivity index (χ3n) is 10.2. The summed E-state index contributed by atoms with van der Waals surface area (Å²) in [7, 11) is 0. The standard InChI is InChI=1S/C34H22Cl2F5N3O8/c1-2-52-19-5-3-4-17(28(19)45)21-15-10-11-16-20(30(47)42(29(16)46)13-6-8-14(9-7-13)44(50)51)18(15)12-33(35)31(48)43(32(49)34(21,33)36)27-25(40)23(38)22(37)24(39)26(27)41/h3-10,16,18,20-21,45H,2,11-12H2,1H3/t16-,18+,20-,21+,33+,34-/m0/s1. The number of carbonyl (C=O) groups is 4. The molecule has 3 aromatic rings. The number of nitro groups is 1. The molecule has 270 valence electrons. The number of alkyl halides is 2. The van der Waals surface area contributed by atoms with E-state index in [1.165, 1.54) is 36.4 Å². The molecule has 2 saturated heterocycles. The Hall–Kier alpha value is -5.09. The molecule has 6 atom stereocenters. The van der Waals surface area contributed by atoms with Crippen LogP contribution >= 0.6 is 23.2 Å². The molecule has 4 aliphatic rings. The number of aromatic hydroxyl groups is 1. The van der Waals surface area contributed by atoms with E-state index in [9.17, 15) is 47.6 Å². The van der Waals surface area contributed by atoms with Crippen molar-refractivity contribution in [1.82, 2.24) is 0 Å². The summed E-state index contributed by atoms with van der Waals surface area (Å²) in [5.41, 5.74) is -2.35. The van der Waals surface area contributed by atoms with Gasteiger partial charge in [-0.25, -0.2) is 26.9 Å². The van der Waals surface area contributed by atoms with Crippen LogP contribution < -0.4 is 14.5 Å². The van der Waals surface area contributed by atoms with Crippen LogP contribution in [0.5, 0.6) is 11.5 Å². The molecular formula is C34H22Cl2F5N3O8. The van der Waals surface area contributed by atoms with Crippen LogP contribution in [0.3, 0.4) is 0 Å². The molecule has 0 bridgehead atoms. The molecule has 3 fully saturated rings. The molecule has 1 saturated carbocycles. The fourth-order valence-electron chi connectivity index (χ4n) is 7.93. The first-order valence-corrected chi connectivity index (χ1v) is 16.3. The van der Waals surface area contributed by atoms with Gasteiger partial charge in [0.25, 0.3) is 17.5 Å². The van der Waals surface area contributed by atoms with E-state index in [-0.39, 0.29) is 46.2 Å². The first-order chi connectivity index (χ1) is 24.5. The predicted octanol–water partition coefficient (Wildman–Crippen LogP) is 6.16. The van der Waals surface area contributed by atoms with Crippen LogP contribution in [0, 0.1) is 57.0 Å². The van der Waals surface area contributed by atoms with Crippen molar-refractivity contribution in [2.75, 3.05) is 16.4 Å². The summed E-state index contributed by atoms with van der Waals surface area (Å²) >= 11 is 14.2. The number of halogens is 7. The minimum Gasteiger partial charge on any atom is -0.504 e. The second-order valence-electron chi connectivity index (χ2n) is 12.6. The van der Waals surface area contributed by atoms with Gasteiger partial charge in [-0.3, -0.25) is 34.2 Å². The number of phenols is 1. The second kappa shape index (κ2) is 12.0. The first-order valence-electron chi connectivity index (χ1n) is 15.6. The number of rotatable bonds is 6. The first kappa shape index (κ1) is 35.3. The van der Waals surface area contributed by atoms with Gasteiger partial charge in [0.2, 0.25) is 17.6 Å². The SMILES string of the molecule is CCOc1cccc([C@H]2C3=CC[C@@H]4C(=O)N(c5ccc([N+](=O)[O-])cc5)C(=O)[C@@H]4[C@@H]3C[C@@]3(Cl)C(=O)N(c4c(F)c(F)c(F)c(F)c4F)C(=O)[C@@]23Cl)c1O. The summed E-state index contributed by atoms with van der Waals surface area (Å²) in [6.45, 7) is 1.64. The van der Waals surface area contributed by atoms with E-state index < -0.39 is 109 Å². The van der Waals surface area contributed by atoms with Gasteiger partial charge in [-0.2, -0.15) is 0 Å². The van der Waals surface area contributed by atoms with Crippen LogP contribution in [0.15, 0.2) is 54.1 Å². The minimum atomic E-state index is -2.84. The quantitative estimate of drug-likeness (QED) is 0.0459. The number of carbonyl (C=O) groups excluding carboxylic acids is 4. The van der Waals surface area contributed by atoms with Gasteiger partial charge in [-0.15, -0.1) is 23.2 Å². The van der Waals surface area contributed by atoms with Gasteiger partial charge in [-0.05, 0) is 43.9 Å². The zero-order valence-corrected chi connectivity index (χ0v) is 27.9. The van der Waals surface area contributed by atoms with Crippen LogP contribution in [0.2, 0.25) is 0 Å². The lowest BCUT2D eigenvalue weighted by Crippen LogP contribution is -2.60. The molecule has 2 aliphatic carbocycles. The topological polar surface area (TPSA) is 147 Å².